The highest BCUT2D eigenvalue weighted by molar-refractivity contribution is 5.95. The van der Waals surface area contributed by atoms with Gasteiger partial charge < -0.3 is 10.6 Å². The van der Waals surface area contributed by atoms with Crippen LogP contribution >= 0.6 is 0 Å². The molecule has 0 aliphatic rings. The molecule has 0 aliphatic carbocycles. The van der Waals surface area contributed by atoms with Crippen molar-refractivity contribution in [3.63, 3.8) is 0 Å². The van der Waals surface area contributed by atoms with Gasteiger partial charge in [-0.1, -0.05) is 0 Å². The Bertz CT molecular complexity index is 640. The van der Waals surface area contributed by atoms with Crippen molar-refractivity contribution in [3.05, 3.63) is 46.0 Å². The number of nitrogens with zero attached hydrogens (tertiary/aromatic N) is 3. The first-order chi connectivity index (χ1) is 10.1. The Kier molecular flexibility index (Phi) is 4.44. The number of aromatic nitrogens is 3. The highest BCUT2D eigenvalue weighted by Crippen LogP contribution is 2.24. The third-order valence-corrected chi connectivity index (χ3v) is 2.84. The Morgan fingerprint density at radius 3 is 2.90 bits per heavy atom. The molecule has 0 radical (unpaired) electrons. The van der Waals surface area contributed by atoms with Crippen LogP contribution in [0.3, 0.4) is 0 Å². The summed E-state index contributed by atoms with van der Waals surface area (Å²) < 4.78 is 0. The van der Waals surface area contributed by atoms with E-state index in [9.17, 15) is 14.9 Å². The second-order valence-electron chi connectivity index (χ2n) is 4.18. The number of hydrogen-bond donors (Lipinski definition) is 3. The van der Waals surface area contributed by atoms with Crippen LogP contribution in [0.15, 0.2) is 24.5 Å². The van der Waals surface area contributed by atoms with Gasteiger partial charge >= 0.3 is 0 Å². The van der Waals surface area contributed by atoms with Crippen molar-refractivity contribution in [2.24, 2.45) is 0 Å². The van der Waals surface area contributed by atoms with Gasteiger partial charge in [-0.2, -0.15) is 5.10 Å². The van der Waals surface area contributed by atoms with E-state index in [0.717, 1.165) is 0 Å². The number of benzene rings is 1. The molecule has 1 aromatic carbocycles. The molecule has 21 heavy (non-hydrogen) atoms. The number of H-pyrrole nitrogens is 1. The number of carbonyl (C=O) groups excluding carboxylic acids is 1. The molecule has 1 amide bonds. The molecule has 0 aliphatic heterocycles. The lowest BCUT2D eigenvalue weighted by Crippen LogP contribution is -2.26. The number of nitrogens with one attached hydrogen (secondary N) is 3. The molecule has 0 atom stereocenters. The van der Waals surface area contributed by atoms with E-state index in [4.69, 9.17) is 0 Å². The van der Waals surface area contributed by atoms with Gasteiger partial charge in [-0.3, -0.25) is 20.0 Å². The normalized spacial score (nSPS) is 10.1. The van der Waals surface area contributed by atoms with E-state index in [1.807, 2.05) is 0 Å². The number of carbonyl (C=O) groups is 1. The minimum atomic E-state index is -0.503. The minimum Gasteiger partial charge on any atom is -0.383 e. The summed E-state index contributed by atoms with van der Waals surface area (Å²) in [5, 5.41) is 22.6. The second-order valence-corrected chi connectivity index (χ2v) is 4.18. The second kappa shape index (κ2) is 6.46. The number of hydrogen-bond acceptors (Lipinski definition) is 6. The molecule has 0 bridgehead atoms. The van der Waals surface area contributed by atoms with E-state index in [2.05, 4.69) is 25.8 Å². The zero-order chi connectivity index (χ0) is 15.2. The topological polar surface area (TPSA) is 126 Å². The van der Waals surface area contributed by atoms with Gasteiger partial charge in [0.2, 0.25) is 0 Å². The summed E-state index contributed by atoms with van der Waals surface area (Å²) in [5.74, 6) is 0.371. The number of nitro groups is 1. The number of anilines is 1. The van der Waals surface area contributed by atoms with Gasteiger partial charge in [-0.15, -0.1) is 0 Å². The van der Waals surface area contributed by atoms with E-state index in [1.54, 1.807) is 7.05 Å². The van der Waals surface area contributed by atoms with Crippen molar-refractivity contribution in [2.75, 3.05) is 18.9 Å². The average molecular weight is 290 g/mol. The van der Waals surface area contributed by atoms with E-state index < -0.39 is 4.92 Å². The van der Waals surface area contributed by atoms with Crippen LogP contribution in [-0.4, -0.2) is 39.6 Å². The summed E-state index contributed by atoms with van der Waals surface area (Å²) >= 11 is 0. The van der Waals surface area contributed by atoms with Crippen LogP contribution in [0.25, 0.3) is 0 Å². The zero-order valence-corrected chi connectivity index (χ0v) is 11.3. The van der Waals surface area contributed by atoms with Crippen molar-refractivity contribution in [1.29, 1.82) is 0 Å². The number of amides is 1. The first-order valence-corrected chi connectivity index (χ1v) is 6.20. The van der Waals surface area contributed by atoms with Gasteiger partial charge in [0.05, 0.1) is 4.92 Å². The average Bonchev–Trinajstić information content (AvgIpc) is 2.99. The maximum Gasteiger partial charge on any atom is 0.292 e. The Hall–Kier alpha value is -2.97. The van der Waals surface area contributed by atoms with Crippen molar-refractivity contribution < 1.29 is 9.72 Å². The van der Waals surface area contributed by atoms with Gasteiger partial charge in [0.25, 0.3) is 11.6 Å². The van der Waals surface area contributed by atoms with Gasteiger partial charge in [0.1, 0.15) is 17.8 Å². The standard InChI is InChI=1S/C12H14N6O3/c1-13-9-6-8(2-3-10(9)18(20)21)12(19)14-5-4-11-15-7-16-17-11/h2-3,6-7,13H,4-5H2,1H3,(H,14,19)(H,15,16,17). The maximum absolute atomic E-state index is 12.0. The summed E-state index contributed by atoms with van der Waals surface area (Å²) in [4.78, 5) is 26.2. The van der Waals surface area contributed by atoms with Crippen LogP contribution in [0.2, 0.25) is 0 Å². The fraction of sp³-hybridized carbons (Fsp3) is 0.250. The van der Waals surface area contributed by atoms with Crippen LogP contribution < -0.4 is 10.6 Å². The molecule has 2 rings (SSSR count). The number of nitro benzene ring substituents is 1. The molecule has 1 aromatic heterocycles. The minimum absolute atomic E-state index is 0.0734. The molecule has 0 unspecified atom stereocenters. The Morgan fingerprint density at radius 1 is 1.48 bits per heavy atom. The fourth-order valence-electron chi connectivity index (χ4n) is 1.78. The van der Waals surface area contributed by atoms with Gasteiger partial charge in [0.15, 0.2) is 0 Å². The van der Waals surface area contributed by atoms with Gasteiger partial charge in [0, 0.05) is 31.6 Å². The highest BCUT2D eigenvalue weighted by Gasteiger charge is 2.15. The van der Waals surface area contributed by atoms with E-state index >= 15 is 0 Å². The molecular formula is C12H14N6O3. The van der Waals surface area contributed by atoms with Crippen LogP contribution in [0.4, 0.5) is 11.4 Å². The lowest BCUT2D eigenvalue weighted by atomic mass is 10.1. The van der Waals surface area contributed by atoms with Crippen molar-refractivity contribution in [2.45, 2.75) is 6.42 Å². The Balaban J connectivity index is 2.00. The summed E-state index contributed by atoms with van der Waals surface area (Å²) in [6, 6.07) is 4.17. The molecule has 110 valence electrons. The zero-order valence-electron chi connectivity index (χ0n) is 11.3. The largest absolute Gasteiger partial charge is 0.383 e. The van der Waals surface area contributed by atoms with Crippen molar-refractivity contribution >= 4 is 17.3 Å². The van der Waals surface area contributed by atoms with Crippen LogP contribution in [0, 0.1) is 10.1 Å². The van der Waals surface area contributed by atoms with Gasteiger partial charge in [-0.25, -0.2) is 4.98 Å². The summed E-state index contributed by atoms with van der Waals surface area (Å²) in [6.07, 6.45) is 1.92. The third-order valence-electron chi connectivity index (χ3n) is 2.84. The molecule has 0 spiro atoms. The third kappa shape index (κ3) is 3.53. The Morgan fingerprint density at radius 2 is 2.29 bits per heavy atom. The van der Waals surface area contributed by atoms with Crippen LogP contribution in [0.1, 0.15) is 16.2 Å². The lowest BCUT2D eigenvalue weighted by Gasteiger charge is -2.07. The number of aromatic amines is 1. The van der Waals surface area contributed by atoms with Crippen molar-refractivity contribution in [3.8, 4) is 0 Å². The molecule has 0 saturated carbocycles. The molecule has 0 fully saturated rings. The fourth-order valence-corrected chi connectivity index (χ4v) is 1.78. The lowest BCUT2D eigenvalue weighted by molar-refractivity contribution is -0.383. The smallest absolute Gasteiger partial charge is 0.292 e. The van der Waals surface area contributed by atoms with Gasteiger partial charge in [-0.05, 0) is 12.1 Å². The van der Waals surface area contributed by atoms with Crippen LogP contribution in [-0.2, 0) is 6.42 Å². The molecular weight excluding hydrogens is 276 g/mol. The molecule has 2 aromatic rings. The van der Waals surface area contributed by atoms with E-state index in [0.29, 0.717) is 30.0 Å². The highest BCUT2D eigenvalue weighted by atomic mass is 16.6. The van der Waals surface area contributed by atoms with Crippen LogP contribution in [0.5, 0.6) is 0 Å². The Labute approximate surface area is 119 Å². The maximum atomic E-state index is 12.0. The molecule has 9 nitrogen and oxygen atoms in total. The molecule has 9 heteroatoms. The first-order valence-electron chi connectivity index (χ1n) is 6.20. The quantitative estimate of drug-likeness (QED) is 0.531. The SMILES string of the molecule is CNc1cc(C(=O)NCCc2ncn[nH]2)ccc1[N+](=O)[O-]. The summed E-state index contributed by atoms with van der Waals surface area (Å²) in [7, 11) is 1.56. The van der Waals surface area contributed by atoms with E-state index in [1.165, 1.54) is 24.5 Å². The van der Waals surface area contributed by atoms with Crippen molar-refractivity contribution in [1.82, 2.24) is 20.5 Å². The summed E-state index contributed by atoms with van der Waals surface area (Å²) in [5.41, 5.74) is 0.570. The van der Waals surface area contributed by atoms with E-state index in [-0.39, 0.29) is 11.6 Å². The number of rotatable bonds is 6. The molecule has 1 heterocycles. The predicted molar refractivity (Wildman–Crippen MR) is 75.1 cm³/mol. The molecule has 0 saturated heterocycles. The predicted octanol–water partition coefficient (Wildman–Crippen LogP) is 0.727. The molecule has 3 N–H and O–H groups in total. The first kappa shape index (κ1) is 14.4. The monoisotopic (exact) mass is 290 g/mol. The summed E-state index contributed by atoms with van der Waals surface area (Å²) in [6.45, 7) is 0.389.